The Morgan fingerprint density at radius 1 is 1.38 bits per heavy atom. The van der Waals surface area contributed by atoms with Crippen LogP contribution >= 0.6 is 66.7 Å². The van der Waals surface area contributed by atoms with Gasteiger partial charge in [-0.15, -0.1) is 0 Å². The van der Waals surface area contributed by atoms with Gasteiger partial charge < -0.3 is 0 Å². The molecule has 0 unspecified atom stereocenters. The van der Waals surface area contributed by atoms with E-state index in [-0.39, 0.29) is 4.49 Å². The van der Waals surface area contributed by atoms with Gasteiger partial charge in [0.2, 0.25) is 0 Å². The second-order valence-electron chi connectivity index (χ2n) is 0.500. The summed E-state index contributed by atoms with van der Waals surface area (Å²) < 4.78 is 0.965. The zero-order chi connectivity index (χ0) is 6.99. The van der Waals surface area contributed by atoms with Gasteiger partial charge in [0, 0.05) is 5.54 Å². The standard InChI is InChI=1S/C2HCl3.CH2Br2/c3-1-2(4)5;2-1-3/h1H;1H2. The van der Waals surface area contributed by atoms with E-state index in [0.29, 0.717) is 0 Å². The summed E-state index contributed by atoms with van der Waals surface area (Å²) in [6.45, 7) is 0. The summed E-state index contributed by atoms with van der Waals surface area (Å²) >= 11 is 20.9. The van der Waals surface area contributed by atoms with Gasteiger partial charge in [-0.25, -0.2) is 0 Å². The van der Waals surface area contributed by atoms with Gasteiger partial charge in [-0.3, -0.25) is 0 Å². The second kappa shape index (κ2) is 11.4. The number of hydrogen-bond acceptors (Lipinski definition) is 0. The fourth-order valence-electron chi connectivity index (χ4n) is 0. The quantitative estimate of drug-likeness (QED) is 0.587. The molecule has 0 rings (SSSR count). The molecule has 0 fully saturated rings. The van der Waals surface area contributed by atoms with Crippen LogP contribution in [0.15, 0.2) is 10.0 Å². The van der Waals surface area contributed by atoms with E-state index in [1.54, 1.807) is 0 Å². The van der Waals surface area contributed by atoms with E-state index in [2.05, 4.69) is 31.9 Å². The molecule has 0 spiro atoms. The maximum atomic E-state index is 4.96. The number of rotatable bonds is 0. The highest BCUT2D eigenvalue weighted by Crippen LogP contribution is 2.05. The number of alkyl halides is 2. The summed E-state index contributed by atoms with van der Waals surface area (Å²) in [5.41, 5.74) is 1.09. The van der Waals surface area contributed by atoms with Crippen molar-refractivity contribution in [3.63, 3.8) is 0 Å². The first-order chi connectivity index (χ1) is 3.68. The summed E-state index contributed by atoms with van der Waals surface area (Å²) in [6, 6.07) is 0. The summed E-state index contributed by atoms with van der Waals surface area (Å²) in [5, 5.41) is 0. The fourth-order valence-corrected chi connectivity index (χ4v) is 0. The van der Waals surface area contributed by atoms with Gasteiger partial charge in [-0.2, -0.15) is 0 Å². The molecule has 0 aliphatic heterocycles. The molecular weight excluding hydrogens is 302 g/mol. The van der Waals surface area contributed by atoms with Gasteiger partial charge in [-0.05, 0) is 0 Å². The van der Waals surface area contributed by atoms with Crippen LogP contribution < -0.4 is 0 Å². The van der Waals surface area contributed by atoms with Gasteiger partial charge in [0.05, 0.1) is 4.24 Å². The largest absolute Gasteiger partial charge is 0.118 e. The zero-order valence-electron chi connectivity index (χ0n) is 3.67. The number of halogens is 5. The molecule has 0 N–H and O–H groups in total. The average Bonchev–Trinajstić information content (AvgIpc) is 1.69. The van der Waals surface area contributed by atoms with E-state index < -0.39 is 0 Å². The first-order valence-electron chi connectivity index (χ1n) is 1.42. The van der Waals surface area contributed by atoms with Crippen molar-refractivity contribution in [2.24, 2.45) is 0 Å². The summed E-state index contributed by atoms with van der Waals surface area (Å²) in [4.78, 5) is 0. The van der Waals surface area contributed by atoms with Crippen LogP contribution in [0.4, 0.5) is 0 Å². The lowest BCUT2D eigenvalue weighted by Gasteiger charge is -1.64. The van der Waals surface area contributed by atoms with Crippen molar-refractivity contribution >= 4 is 66.7 Å². The predicted octanol–water partition coefficient (Wildman–Crippen LogP) is 4.24. The summed E-state index contributed by atoms with van der Waals surface area (Å²) in [7, 11) is 0. The van der Waals surface area contributed by atoms with Gasteiger partial charge in [0.15, 0.2) is 0 Å². The van der Waals surface area contributed by atoms with Crippen LogP contribution in [0.2, 0.25) is 0 Å². The van der Waals surface area contributed by atoms with Crippen LogP contribution in [0.3, 0.4) is 0 Å². The third kappa shape index (κ3) is 25.6. The van der Waals surface area contributed by atoms with Crippen LogP contribution in [0, 0.1) is 0 Å². The van der Waals surface area contributed by atoms with Crippen molar-refractivity contribution in [2.45, 2.75) is 0 Å². The van der Waals surface area contributed by atoms with Crippen molar-refractivity contribution in [3.8, 4) is 0 Å². The highest BCUT2D eigenvalue weighted by atomic mass is 79.9. The molecule has 0 bridgehead atoms. The maximum Gasteiger partial charge on any atom is 0.118 e. The third-order valence-corrected chi connectivity index (χ3v) is 0.742. The SMILES string of the molecule is BrCBr.ClC=C(Cl)Cl. The zero-order valence-corrected chi connectivity index (χ0v) is 9.11. The topological polar surface area (TPSA) is 0 Å². The van der Waals surface area contributed by atoms with Gasteiger partial charge in [0.1, 0.15) is 4.49 Å². The molecule has 8 heavy (non-hydrogen) atoms. The molecule has 0 saturated heterocycles. The minimum atomic E-state index is 0.0895. The molecule has 0 aromatic carbocycles. The van der Waals surface area contributed by atoms with Crippen molar-refractivity contribution in [2.75, 3.05) is 4.24 Å². The minimum Gasteiger partial charge on any atom is -0.0904 e. The van der Waals surface area contributed by atoms with Crippen LogP contribution in [0.1, 0.15) is 0 Å². The Labute approximate surface area is 80.4 Å². The molecule has 5 heteroatoms. The monoisotopic (exact) mass is 302 g/mol. The first-order valence-corrected chi connectivity index (χ1v) is 4.85. The van der Waals surface area contributed by atoms with Crippen molar-refractivity contribution in [1.82, 2.24) is 0 Å². The predicted molar refractivity (Wildman–Crippen MR) is 48.4 cm³/mol. The Morgan fingerprint density at radius 2 is 1.50 bits per heavy atom. The Morgan fingerprint density at radius 3 is 1.50 bits per heavy atom. The lowest BCUT2D eigenvalue weighted by Crippen LogP contribution is -1.33. The van der Waals surface area contributed by atoms with E-state index in [1.807, 2.05) is 0 Å². The van der Waals surface area contributed by atoms with Crippen molar-refractivity contribution in [1.29, 1.82) is 0 Å². The van der Waals surface area contributed by atoms with Crippen molar-refractivity contribution in [3.05, 3.63) is 10.0 Å². The van der Waals surface area contributed by atoms with Crippen LogP contribution in [-0.2, 0) is 0 Å². The normalized spacial score (nSPS) is 6.62. The Balaban J connectivity index is 0. The molecule has 0 saturated carbocycles. The maximum absolute atomic E-state index is 4.96. The highest BCUT2D eigenvalue weighted by Gasteiger charge is 1.70. The smallest absolute Gasteiger partial charge is 0.0904 e. The Kier molecular flexibility index (Phi) is 17.4. The van der Waals surface area contributed by atoms with Crippen molar-refractivity contribution < 1.29 is 0 Å². The van der Waals surface area contributed by atoms with E-state index in [4.69, 9.17) is 34.8 Å². The first kappa shape index (κ1) is 12.3. The minimum absolute atomic E-state index is 0.0895. The van der Waals surface area contributed by atoms with Crippen LogP contribution in [0.5, 0.6) is 0 Å². The molecule has 0 aromatic heterocycles. The molecule has 0 amide bonds. The highest BCUT2D eigenvalue weighted by molar-refractivity contribution is 9.24. The number of hydrogen-bond donors (Lipinski definition) is 0. The lowest BCUT2D eigenvalue weighted by atomic mass is 11.2. The van der Waals surface area contributed by atoms with E-state index in [0.717, 1.165) is 9.77 Å². The average molecular weight is 305 g/mol. The second-order valence-corrected chi connectivity index (χ2v) is 4.35. The third-order valence-electron chi connectivity index (χ3n) is 0.0825. The Hall–Kier alpha value is 1.57. The van der Waals surface area contributed by atoms with E-state index in [9.17, 15) is 0 Å². The molecule has 0 aromatic rings. The van der Waals surface area contributed by atoms with Crippen LogP contribution in [-0.4, -0.2) is 4.24 Å². The fraction of sp³-hybridized carbons (Fsp3) is 0.333. The molecule has 0 heterocycles. The molecule has 0 atom stereocenters. The molecule has 0 aliphatic carbocycles. The Bertz CT molecular complexity index is 59.5. The molecule has 0 nitrogen and oxygen atoms in total. The van der Waals surface area contributed by atoms with E-state index >= 15 is 0 Å². The van der Waals surface area contributed by atoms with Gasteiger partial charge >= 0.3 is 0 Å². The van der Waals surface area contributed by atoms with Gasteiger partial charge in [-0.1, -0.05) is 66.7 Å². The molecular formula is C3H3Br2Cl3. The summed E-state index contributed by atoms with van der Waals surface area (Å²) in [5.74, 6) is 0. The summed E-state index contributed by atoms with van der Waals surface area (Å²) in [6.07, 6.45) is 0. The van der Waals surface area contributed by atoms with E-state index in [1.165, 1.54) is 0 Å². The molecule has 0 aliphatic rings. The lowest BCUT2D eigenvalue weighted by molar-refractivity contribution is 2.36. The van der Waals surface area contributed by atoms with Gasteiger partial charge in [0.25, 0.3) is 0 Å². The molecule has 0 radical (unpaired) electrons. The van der Waals surface area contributed by atoms with Crippen LogP contribution in [0.25, 0.3) is 0 Å². The molecule has 50 valence electrons.